The van der Waals surface area contributed by atoms with Crippen LogP contribution in [-0.2, 0) is 13.0 Å². The van der Waals surface area contributed by atoms with Crippen LogP contribution in [0.4, 0.5) is 10.5 Å². The van der Waals surface area contributed by atoms with Gasteiger partial charge in [-0.25, -0.2) is 4.79 Å². The lowest BCUT2D eigenvalue weighted by atomic mass is 10.0. The first kappa shape index (κ1) is 25.2. The van der Waals surface area contributed by atoms with E-state index in [1.54, 1.807) is 14.2 Å². The third kappa shape index (κ3) is 6.20. The Morgan fingerprint density at radius 3 is 2.51 bits per heavy atom. The minimum Gasteiger partial charge on any atom is -0.496 e. The first-order chi connectivity index (χ1) is 17.0. The number of nitrogens with zero attached hydrogens (tertiary/aromatic N) is 2. The summed E-state index contributed by atoms with van der Waals surface area (Å²) >= 11 is 0. The molecule has 2 aromatic carbocycles. The smallest absolute Gasteiger partial charge is 0.325 e. The number of carbonyl (C=O) groups excluding carboxylic acids is 1. The van der Waals surface area contributed by atoms with Crippen molar-refractivity contribution in [1.82, 2.24) is 4.90 Å². The Morgan fingerprint density at radius 2 is 1.80 bits per heavy atom. The number of rotatable bonds is 12. The fourth-order valence-corrected chi connectivity index (χ4v) is 4.67. The molecule has 1 aliphatic heterocycles. The summed E-state index contributed by atoms with van der Waals surface area (Å²) in [4.78, 5) is 17.3. The highest BCUT2D eigenvalue weighted by Gasteiger charge is 2.32. The average molecular weight is 483 g/mol. The second kappa shape index (κ2) is 11.7. The highest BCUT2D eigenvalue weighted by atomic mass is 16.5. The number of ether oxygens (including phenoxy) is 3. The number of hydrogen-bond acceptors (Lipinski definition) is 5. The highest BCUT2D eigenvalue weighted by Crippen LogP contribution is 2.36. The van der Waals surface area contributed by atoms with Gasteiger partial charge in [0.25, 0.3) is 0 Å². The molecule has 190 valence electrons. The molecule has 7 nitrogen and oxygen atoms in total. The van der Waals surface area contributed by atoms with Gasteiger partial charge in [-0.3, -0.25) is 4.90 Å². The largest absolute Gasteiger partial charge is 0.496 e. The van der Waals surface area contributed by atoms with Gasteiger partial charge in [-0.1, -0.05) is 25.0 Å². The van der Waals surface area contributed by atoms with Crippen LogP contribution in [0.2, 0.25) is 0 Å². The van der Waals surface area contributed by atoms with Gasteiger partial charge in [0.2, 0.25) is 0 Å². The number of carbonyl (C=O) groups is 1. The summed E-state index contributed by atoms with van der Waals surface area (Å²) in [6, 6.07) is 11.7. The maximum absolute atomic E-state index is 13.6. The minimum atomic E-state index is -0.0323. The van der Waals surface area contributed by atoms with Crippen molar-refractivity contribution >= 4 is 11.7 Å². The Balaban J connectivity index is 1.49. The number of aliphatic hydroxyl groups is 1. The average Bonchev–Trinajstić information content (AvgIpc) is 3.69. The Labute approximate surface area is 208 Å². The second-order valence-electron chi connectivity index (χ2n) is 9.59. The summed E-state index contributed by atoms with van der Waals surface area (Å²) in [5.74, 6) is 2.98. The maximum atomic E-state index is 13.6. The van der Waals surface area contributed by atoms with Crippen molar-refractivity contribution in [3.05, 3.63) is 47.5 Å². The Hall–Kier alpha value is -2.93. The van der Waals surface area contributed by atoms with Crippen LogP contribution >= 0.6 is 0 Å². The molecule has 0 bridgehead atoms. The molecule has 0 aromatic heterocycles. The van der Waals surface area contributed by atoms with E-state index in [4.69, 9.17) is 14.2 Å². The molecule has 0 radical (unpaired) electrons. The zero-order valence-electron chi connectivity index (χ0n) is 21.2. The zero-order valence-corrected chi connectivity index (χ0v) is 21.2. The van der Waals surface area contributed by atoms with Crippen LogP contribution in [0.5, 0.6) is 17.2 Å². The lowest BCUT2D eigenvalue weighted by Crippen LogP contribution is -2.53. The fourth-order valence-electron chi connectivity index (χ4n) is 4.67. The Kier molecular flexibility index (Phi) is 8.39. The van der Waals surface area contributed by atoms with Gasteiger partial charge in [-0.15, -0.1) is 0 Å². The van der Waals surface area contributed by atoms with Gasteiger partial charge in [0, 0.05) is 36.5 Å². The molecular formula is C28H38N2O5. The van der Waals surface area contributed by atoms with Crippen molar-refractivity contribution < 1.29 is 24.1 Å². The van der Waals surface area contributed by atoms with Crippen LogP contribution in [0.25, 0.3) is 0 Å². The maximum Gasteiger partial charge on any atom is 0.325 e. The number of amides is 2. The van der Waals surface area contributed by atoms with Crippen molar-refractivity contribution in [3.8, 4) is 17.2 Å². The normalized spacial score (nSPS) is 18.1. The van der Waals surface area contributed by atoms with Crippen molar-refractivity contribution in [1.29, 1.82) is 0 Å². The zero-order chi connectivity index (χ0) is 24.8. The molecule has 4 rings (SSSR count). The molecule has 2 amide bonds. The highest BCUT2D eigenvalue weighted by molar-refractivity contribution is 5.93. The molecular weight excluding hydrogens is 444 g/mol. The van der Waals surface area contributed by atoms with E-state index in [9.17, 15) is 9.90 Å². The van der Waals surface area contributed by atoms with Crippen molar-refractivity contribution in [2.24, 2.45) is 5.92 Å². The number of benzene rings is 2. The van der Waals surface area contributed by atoms with Crippen LogP contribution in [0.15, 0.2) is 36.4 Å². The molecule has 7 heteroatoms. The molecule has 1 heterocycles. The van der Waals surface area contributed by atoms with Crippen molar-refractivity contribution in [2.75, 3.05) is 38.9 Å². The van der Waals surface area contributed by atoms with Gasteiger partial charge >= 0.3 is 6.03 Å². The standard InChI is InChI=1S/C28H38N2O5/c1-20-12-14-29(24-10-11-25(33-2)27(18-24)35-16-4-5-21-6-7-21)28(32)30(20)19-23-9-8-22(13-15-31)17-26(23)34-3/h8-11,17-18,20-21,31H,4-7,12-16,19H2,1-3H3. The Morgan fingerprint density at radius 1 is 1.00 bits per heavy atom. The number of urea groups is 1. The molecule has 1 N–H and O–H groups in total. The predicted molar refractivity (Wildman–Crippen MR) is 137 cm³/mol. The van der Waals surface area contributed by atoms with Gasteiger partial charge in [-0.05, 0) is 62.3 Å². The minimum absolute atomic E-state index is 0.0323. The van der Waals surface area contributed by atoms with E-state index in [0.29, 0.717) is 37.6 Å². The second-order valence-corrected chi connectivity index (χ2v) is 9.59. The number of aliphatic hydroxyl groups excluding tert-OH is 1. The van der Waals surface area contributed by atoms with Gasteiger partial charge in [-0.2, -0.15) is 0 Å². The third-order valence-electron chi connectivity index (χ3n) is 7.04. The molecule has 0 spiro atoms. The van der Waals surface area contributed by atoms with Crippen LogP contribution in [0.1, 0.15) is 50.2 Å². The van der Waals surface area contributed by atoms with Crippen LogP contribution in [0.3, 0.4) is 0 Å². The number of methoxy groups -OCH3 is 2. The fraction of sp³-hybridized carbons (Fsp3) is 0.536. The van der Waals surface area contributed by atoms with Crippen molar-refractivity contribution in [2.45, 2.75) is 58.0 Å². The first-order valence-electron chi connectivity index (χ1n) is 12.7. The summed E-state index contributed by atoms with van der Waals surface area (Å²) in [5.41, 5.74) is 2.77. The molecule has 1 unspecified atom stereocenters. The van der Waals surface area contributed by atoms with Crippen LogP contribution in [-0.4, -0.2) is 56.1 Å². The molecule has 1 atom stereocenters. The molecule has 2 aliphatic rings. The van der Waals surface area contributed by atoms with Crippen LogP contribution < -0.4 is 19.1 Å². The van der Waals surface area contributed by atoms with Gasteiger partial charge in [0.15, 0.2) is 11.5 Å². The Bertz CT molecular complexity index is 1010. The topological polar surface area (TPSA) is 71.5 Å². The summed E-state index contributed by atoms with van der Waals surface area (Å²) in [6.07, 6.45) is 6.38. The third-order valence-corrected chi connectivity index (χ3v) is 7.04. The van der Waals surface area contributed by atoms with E-state index in [1.807, 2.05) is 46.2 Å². The molecule has 2 aromatic rings. The lowest BCUT2D eigenvalue weighted by Gasteiger charge is -2.40. The predicted octanol–water partition coefficient (Wildman–Crippen LogP) is 5.03. The summed E-state index contributed by atoms with van der Waals surface area (Å²) in [6.45, 7) is 3.94. The SMILES string of the molecule is COc1cc(CCO)ccc1CN1C(=O)N(c2ccc(OC)c(OCCCC3CC3)c2)CCC1C. The lowest BCUT2D eigenvalue weighted by molar-refractivity contribution is 0.165. The molecule has 2 fully saturated rings. The van der Waals surface area contributed by atoms with E-state index in [-0.39, 0.29) is 18.7 Å². The molecule has 1 saturated carbocycles. The van der Waals surface area contributed by atoms with E-state index < -0.39 is 0 Å². The van der Waals surface area contributed by atoms with Crippen molar-refractivity contribution in [3.63, 3.8) is 0 Å². The van der Waals surface area contributed by atoms with E-state index in [2.05, 4.69) is 6.92 Å². The van der Waals surface area contributed by atoms with Gasteiger partial charge < -0.3 is 24.2 Å². The molecule has 1 aliphatic carbocycles. The summed E-state index contributed by atoms with van der Waals surface area (Å²) in [7, 11) is 3.28. The summed E-state index contributed by atoms with van der Waals surface area (Å²) in [5, 5.41) is 9.24. The van der Waals surface area contributed by atoms with E-state index in [1.165, 1.54) is 19.3 Å². The number of hydrogen-bond donors (Lipinski definition) is 1. The molecule has 35 heavy (non-hydrogen) atoms. The van der Waals surface area contributed by atoms with Gasteiger partial charge in [0.05, 0.1) is 27.4 Å². The summed E-state index contributed by atoms with van der Waals surface area (Å²) < 4.78 is 17.2. The first-order valence-corrected chi connectivity index (χ1v) is 12.7. The van der Waals surface area contributed by atoms with E-state index in [0.717, 1.165) is 41.3 Å². The van der Waals surface area contributed by atoms with E-state index >= 15 is 0 Å². The number of anilines is 1. The van der Waals surface area contributed by atoms with Gasteiger partial charge in [0.1, 0.15) is 5.75 Å². The quantitative estimate of drug-likeness (QED) is 0.430. The monoisotopic (exact) mass is 482 g/mol. The van der Waals surface area contributed by atoms with Crippen LogP contribution in [0, 0.1) is 5.92 Å². The molecule has 1 saturated heterocycles.